The molecule has 2 nitrogen and oxygen atoms in total. The largest absolute Gasteiger partial charge is 0.310 e. The van der Waals surface area contributed by atoms with Crippen LogP contribution in [0.5, 0.6) is 0 Å². The van der Waals surface area contributed by atoms with Crippen LogP contribution in [0.25, 0.3) is 82.8 Å². The summed E-state index contributed by atoms with van der Waals surface area (Å²) >= 11 is 0. The van der Waals surface area contributed by atoms with Gasteiger partial charge in [-0.25, -0.2) is 0 Å². The average molecular weight is 861 g/mol. The van der Waals surface area contributed by atoms with E-state index in [9.17, 15) is 0 Å². The van der Waals surface area contributed by atoms with E-state index in [2.05, 4.69) is 256 Å². The van der Waals surface area contributed by atoms with Crippen molar-refractivity contribution in [3.8, 4) is 50.2 Å². The molecular formula is C65H52N2. The molecule has 13 rings (SSSR count). The summed E-state index contributed by atoms with van der Waals surface area (Å²) in [7, 11) is 0. The van der Waals surface area contributed by atoms with Gasteiger partial charge in [0.2, 0.25) is 0 Å². The van der Waals surface area contributed by atoms with E-state index in [1.54, 1.807) is 0 Å². The third kappa shape index (κ3) is 5.89. The molecule has 0 atom stereocenters. The zero-order chi connectivity index (χ0) is 44.3. The van der Waals surface area contributed by atoms with Crippen LogP contribution < -0.4 is 4.90 Å². The van der Waals surface area contributed by atoms with Gasteiger partial charge in [-0.3, -0.25) is 0 Å². The van der Waals surface area contributed by atoms with Crippen LogP contribution in [0.3, 0.4) is 0 Å². The fourth-order valence-electron chi connectivity index (χ4n) is 12.0. The minimum Gasteiger partial charge on any atom is -0.310 e. The molecule has 0 aliphatic heterocycles. The third-order valence-electron chi connectivity index (χ3n) is 15.0. The number of rotatable bonds is 6. The van der Waals surface area contributed by atoms with Crippen LogP contribution >= 0.6 is 0 Å². The number of hydrogen-bond donors (Lipinski definition) is 0. The van der Waals surface area contributed by atoms with Crippen molar-refractivity contribution in [2.24, 2.45) is 0 Å². The minimum atomic E-state index is -0.141. The summed E-state index contributed by atoms with van der Waals surface area (Å²) in [6.45, 7) is 9.49. The van der Waals surface area contributed by atoms with E-state index >= 15 is 0 Å². The smallest absolute Gasteiger partial charge is 0.0541 e. The molecule has 67 heavy (non-hydrogen) atoms. The molecule has 0 N–H and O–H groups in total. The minimum absolute atomic E-state index is 0. The number of nitrogens with zero attached hydrogens (tertiary/aromatic N) is 2. The molecule has 0 radical (unpaired) electrons. The highest BCUT2D eigenvalue weighted by Gasteiger charge is 2.38. The Morgan fingerprint density at radius 2 is 0.866 bits per heavy atom. The molecule has 0 fully saturated rings. The summed E-state index contributed by atoms with van der Waals surface area (Å²) in [4.78, 5) is 2.51. The van der Waals surface area contributed by atoms with Crippen molar-refractivity contribution in [2.75, 3.05) is 4.90 Å². The average Bonchev–Trinajstić information content (AvgIpc) is 3.91. The molecule has 2 heteroatoms. The van der Waals surface area contributed by atoms with Crippen LogP contribution in [0.4, 0.5) is 17.1 Å². The number of para-hydroxylation sites is 3. The summed E-state index contributed by atoms with van der Waals surface area (Å²) in [6.07, 6.45) is 0. The van der Waals surface area contributed by atoms with E-state index < -0.39 is 0 Å². The van der Waals surface area contributed by atoms with E-state index in [1.807, 2.05) is 0 Å². The Balaban J connectivity index is 0.00000468. The Kier molecular flexibility index (Phi) is 9.11. The summed E-state index contributed by atoms with van der Waals surface area (Å²) in [5, 5.41) is 4.95. The van der Waals surface area contributed by atoms with Gasteiger partial charge in [0.1, 0.15) is 0 Å². The number of anilines is 3. The lowest BCUT2D eigenvalue weighted by atomic mass is 9.79. The summed E-state index contributed by atoms with van der Waals surface area (Å²) in [6, 6.07) is 81.4. The normalized spacial score (nSPS) is 13.8. The van der Waals surface area contributed by atoms with E-state index in [-0.39, 0.29) is 18.3 Å². The molecule has 1 heterocycles. The molecule has 2 aliphatic rings. The van der Waals surface area contributed by atoms with Gasteiger partial charge in [-0.1, -0.05) is 205 Å². The molecule has 322 valence electrons. The van der Waals surface area contributed by atoms with E-state index in [0.29, 0.717) is 0 Å². The van der Waals surface area contributed by atoms with E-state index in [4.69, 9.17) is 0 Å². The Hall–Kier alpha value is -7.94. The predicted molar refractivity (Wildman–Crippen MR) is 286 cm³/mol. The van der Waals surface area contributed by atoms with Gasteiger partial charge in [-0.05, 0) is 115 Å². The highest BCUT2D eigenvalue weighted by molar-refractivity contribution is 6.12. The van der Waals surface area contributed by atoms with Gasteiger partial charge >= 0.3 is 0 Å². The topological polar surface area (TPSA) is 8.17 Å². The molecule has 0 amide bonds. The highest BCUT2D eigenvalue weighted by Crippen LogP contribution is 2.54. The molecule has 11 aromatic rings. The first-order valence-corrected chi connectivity index (χ1v) is 23.3. The summed E-state index contributed by atoms with van der Waals surface area (Å²) < 4.78 is 2.45. The summed E-state index contributed by atoms with van der Waals surface area (Å²) in [5.41, 5.74) is 22.4. The second-order valence-corrected chi connectivity index (χ2v) is 19.2. The van der Waals surface area contributed by atoms with Crippen molar-refractivity contribution in [1.29, 1.82) is 0 Å². The molecular weight excluding hydrogens is 809 g/mol. The van der Waals surface area contributed by atoms with Gasteiger partial charge in [0, 0.05) is 43.9 Å². The standard InChI is InChI=1S/C64H48N2.CH4/c1-63(2)55-30-12-8-23-48(55)54-40-43(35-37-57(54)63)65(42-20-17-19-41(39-42)44-28-18-29-53-47-22-7-13-31-56(47)64(3,4)62(44)53)58-32-14-9-25-50(58)46-36-38-61(49-24-6-5-21-45(46)49)66-59-33-15-10-26-51(59)52-27-11-16-34-60(52)66;/h5-40H,1-4H3;1H4. The highest BCUT2D eigenvalue weighted by atomic mass is 15.1. The summed E-state index contributed by atoms with van der Waals surface area (Å²) in [5.74, 6) is 0. The first-order chi connectivity index (χ1) is 32.3. The van der Waals surface area contributed by atoms with E-state index in [1.165, 1.54) is 105 Å². The molecule has 0 saturated carbocycles. The lowest BCUT2D eigenvalue weighted by Gasteiger charge is -2.30. The van der Waals surface area contributed by atoms with Crippen LogP contribution in [0.1, 0.15) is 57.4 Å². The quantitative estimate of drug-likeness (QED) is 0.162. The lowest BCUT2D eigenvalue weighted by molar-refractivity contribution is 0.660. The Morgan fingerprint density at radius 3 is 1.60 bits per heavy atom. The molecule has 0 unspecified atom stereocenters. The van der Waals surface area contributed by atoms with Gasteiger partial charge in [0.05, 0.1) is 22.4 Å². The maximum absolute atomic E-state index is 2.51. The fourth-order valence-corrected chi connectivity index (χ4v) is 12.0. The number of fused-ring (bicyclic) bond motifs is 10. The fraction of sp³-hybridized carbons (Fsp3) is 0.108. The van der Waals surface area contributed by atoms with Gasteiger partial charge in [0.25, 0.3) is 0 Å². The van der Waals surface area contributed by atoms with Crippen molar-refractivity contribution in [3.63, 3.8) is 0 Å². The first kappa shape index (κ1) is 40.6. The van der Waals surface area contributed by atoms with Crippen molar-refractivity contribution >= 4 is 49.6 Å². The second kappa shape index (κ2) is 15.1. The van der Waals surface area contributed by atoms with Crippen LogP contribution in [0.15, 0.2) is 218 Å². The molecule has 10 aromatic carbocycles. The van der Waals surface area contributed by atoms with Crippen LogP contribution in [-0.2, 0) is 10.8 Å². The van der Waals surface area contributed by atoms with Gasteiger partial charge < -0.3 is 9.47 Å². The lowest BCUT2D eigenvalue weighted by Crippen LogP contribution is -2.16. The molecule has 1 aromatic heterocycles. The zero-order valence-electron chi connectivity index (χ0n) is 37.7. The third-order valence-corrected chi connectivity index (χ3v) is 15.0. The van der Waals surface area contributed by atoms with Crippen molar-refractivity contribution in [1.82, 2.24) is 4.57 Å². The Labute approximate surface area is 394 Å². The van der Waals surface area contributed by atoms with Crippen LogP contribution in [0.2, 0.25) is 0 Å². The van der Waals surface area contributed by atoms with E-state index in [0.717, 1.165) is 17.1 Å². The predicted octanol–water partition coefficient (Wildman–Crippen LogP) is 18.0. The monoisotopic (exact) mass is 860 g/mol. The van der Waals surface area contributed by atoms with Crippen molar-refractivity contribution in [2.45, 2.75) is 46.0 Å². The second-order valence-electron chi connectivity index (χ2n) is 19.2. The molecule has 0 saturated heterocycles. The zero-order valence-corrected chi connectivity index (χ0v) is 37.7. The van der Waals surface area contributed by atoms with Crippen molar-refractivity contribution < 1.29 is 0 Å². The maximum Gasteiger partial charge on any atom is 0.0541 e. The Morgan fingerprint density at radius 1 is 0.343 bits per heavy atom. The SMILES string of the molecule is C.CC1(C)c2ccccc2-c2cc(N(c3cccc(-c4cccc5c4C(C)(C)c4ccccc4-5)c3)c3ccccc3-c3ccc(-n4c5ccccc5c5ccccc54)c4ccccc34)ccc21. The molecule has 0 bridgehead atoms. The van der Waals surface area contributed by atoms with Crippen LogP contribution in [0, 0.1) is 0 Å². The van der Waals surface area contributed by atoms with Gasteiger partial charge in [0.15, 0.2) is 0 Å². The Bertz CT molecular complexity index is 3730. The maximum atomic E-state index is 2.51. The van der Waals surface area contributed by atoms with Gasteiger partial charge in [-0.15, -0.1) is 0 Å². The number of aromatic nitrogens is 1. The first-order valence-electron chi connectivity index (χ1n) is 23.3. The molecule has 2 aliphatic carbocycles. The van der Waals surface area contributed by atoms with Crippen LogP contribution in [-0.4, -0.2) is 4.57 Å². The number of hydrogen-bond acceptors (Lipinski definition) is 1. The number of benzene rings is 10. The molecule has 0 spiro atoms. The van der Waals surface area contributed by atoms with Gasteiger partial charge in [-0.2, -0.15) is 0 Å². The van der Waals surface area contributed by atoms with Crippen molar-refractivity contribution in [3.05, 3.63) is 241 Å².